The molecule has 1 atom stereocenters. The molecule has 1 aromatic heterocycles. The van der Waals surface area contributed by atoms with Gasteiger partial charge in [0, 0.05) is 25.0 Å². The summed E-state index contributed by atoms with van der Waals surface area (Å²) >= 11 is 0. The van der Waals surface area contributed by atoms with Crippen molar-refractivity contribution < 1.29 is 18.7 Å². The molecule has 3 aliphatic rings. The van der Waals surface area contributed by atoms with E-state index in [9.17, 15) is 14.0 Å². The van der Waals surface area contributed by atoms with Gasteiger partial charge < -0.3 is 19.5 Å². The summed E-state index contributed by atoms with van der Waals surface area (Å²) in [5.41, 5.74) is 2.09. The highest BCUT2D eigenvalue weighted by atomic mass is 19.1. The molecule has 5 rings (SSSR count). The van der Waals surface area contributed by atoms with Crippen LogP contribution >= 0.6 is 0 Å². The molecular formula is C22H25FN4O3. The molecule has 2 fully saturated rings. The summed E-state index contributed by atoms with van der Waals surface area (Å²) in [6, 6.07) is 6.65. The van der Waals surface area contributed by atoms with Crippen molar-refractivity contribution in [1.29, 1.82) is 0 Å². The van der Waals surface area contributed by atoms with Crippen LogP contribution in [0.4, 0.5) is 4.39 Å². The molecule has 2 aliphatic heterocycles. The van der Waals surface area contributed by atoms with E-state index in [4.69, 9.17) is 4.74 Å². The third-order valence-corrected chi connectivity index (χ3v) is 6.25. The second-order valence-corrected chi connectivity index (χ2v) is 8.39. The summed E-state index contributed by atoms with van der Waals surface area (Å²) in [4.78, 5) is 31.4. The maximum atomic E-state index is 13.2. The van der Waals surface area contributed by atoms with Gasteiger partial charge in [0.05, 0.1) is 25.2 Å². The topological polar surface area (TPSA) is 76.5 Å². The molecule has 158 valence electrons. The van der Waals surface area contributed by atoms with Gasteiger partial charge in [-0.25, -0.2) is 9.37 Å². The van der Waals surface area contributed by atoms with Crippen molar-refractivity contribution in [3.63, 3.8) is 0 Å². The first-order valence-electron chi connectivity index (χ1n) is 10.6. The smallest absolute Gasteiger partial charge is 0.274 e. The Morgan fingerprint density at radius 1 is 1.10 bits per heavy atom. The van der Waals surface area contributed by atoms with Crippen molar-refractivity contribution in [1.82, 2.24) is 19.8 Å². The van der Waals surface area contributed by atoms with E-state index < -0.39 is 0 Å². The zero-order valence-corrected chi connectivity index (χ0v) is 16.7. The number of fused-ring (bicyclic) bond motifs is 1. The van der Waals surface area contributed by atoms with E-state index in [-0.39, 0.29) is 36.3 Å². The van der Waals surface area contributed by atoms with Crippen molar-refractivity contribution in [3.05, 3.63) is 53.4 Å². The van der Waals surface area contributed by atoms with E-state index in [1.807, 2.05) is 4.57 Å². The number of piperidine rings is 1. The standard InChI is InChI=1S/C22H25FN4O3/c23-16-3-1-14(2-4-16)19-11-27-13-24-20(18(27)12-30-19)22(29)26-9-7-15(8-10-26)21(28)25-17-5-6-17/h1-4,13,15,17,19H,5-12H2,(H,25,28)/t19-/m1/s1. The van der Waals surface area contributed by atoms with Gasteiger partial charge in [-0.2, -0.15) is 0 Å². The van der Waals surface area contributed by atoms with Crippen LogP contribution in [0.2, 0.25) is 0 Å². The molecule has 0 radical (unpaired) electrons. The third kappa shape index (κ3) is 3.84. The van der Waals surface area contributed by atoms with Crippen LogP contribution in [0.3, 0.4) is 0 Å². The molecule has 0 unspecified atom stereocenters. The highest BCUT2D eigenvalue weighted by Gasteiger charge is 2.33. The van der Waals surface area contributed by atoms with Crippen LogP contribution in [0.15, 0.2) is 30.6 Å². The number of carbonyl (C=O) groups excluding carboxylic acids is 2. The Kier molecular flexibility index (Phi) is 5.02. The lowest BCUT2D eigenvalue weighted by Crippen LogP contribution is -2.43. The maximum absolute atomic E-state index is 13.2. The first-order chi connectivity index (χ1) is 14.6. The monoisotopic (exact) mass is 412 g/mol. The molecule has 1 N–H and O–H groups in total. The molecule has 1 aliphatic carbocycles. The second-order valence-electron chi connectivity index (χ2n) is 8.39. The van der Waals surface area contributed by atoms with E-state index in [1.54, 1.807) is 23.4 Å². The van der Waals surface area contributed by atoms with Gasteiger partial charge in [0.2, 0.25) is 5.91 Å². The highest BCUT2D eigenvalue weighted by molar-refractivity contribution is 5.93. The Morgan fingerprint density at radius 2 is 1.83 bits per heavy atom. The highest BCUT2D eigenvalue weighted by Crippen LogP contribution is 2.29. The number of halogens is 1. The quantitative estimate of drug-likeness (QED) is 0.837. The Morgan fingerprint density at radius 3 is 2.53 bits per heavy atom. The summed E-state index contributed by atoms with van der Waals surface area (Å²) in [6.45, 7) is 1.94. The number of carbonyl (C=O) groups is 2. The molecule has 3 heterocycles. The number of nitrogens with one attached hydrogen (secondary N) is 1. The summed E-state index contributed by atoms with van der Waals surface area (Å²) < 4.78 is 21.1. The minimum atomic E-state index is -0.278. The van der Waals surface area contributed by atoms with Crippen molar-refractivity contribution in [3.8, 4) is 0 Å². The molecule has 0 bridgehead atoms. The number of likely N-dealkylation sites (tertiary alicyclic amines) is 1. The summed E-state index contributed by atoms with van der Waals surface area (Å²) in [5.74, 6) is -0.261. The lowest BCUT2D eigenvalue weighted by atomic mass is 9.95. The van der Waals surface area contributed by atoms with E-state index in [0.29, 0.717) is 44.2 Å². The fraction of sp³-hybridized carbons (Fsp3) is 0.500. The average Bonchev–Trinajstić information content (AvgIpc) is 3.49. The number of amides is 2. The second kappa shape index (κ2) is 7.83. The maximum Gasteiger partial charge on any atom is 0.274 e. The van der Waals surface area contributed by atoms with Gasteiger partial charge >= 0.3 is 0 Å². The van der Waals surface area contributed by atoms with Gasteiger partial charge in [-0.1, -0.05) is 12.1 Å². The van der Waals surface area contributed by atoms with Crippen LogP contribution in [-0.2, 0) is 22.7 Å². The number of nitrogens with zero attached hydrogens (tertiary/aromatic N) is 3. The molecule has 2 amide bonds. The number of ether oxygens (including phenoxy) is 1. The Labute approximate surface area is 174 Å². The lowest BCUT2D eigenvalue weighted by Gasteiger charge is -2.31. The summed E-state index contributed by atoms with van der Waals surface area (Å²) in [5, 5.41) is 3.06. The molecule has 1 saturated heterocycles. The number of hydrogen-bond acceptors (Lipinski definition) is 4. The van der Waals surface area contributed by atoms with Gasteiger partial charge in [0.25, 0.3) is 5.91 Å². The predicted molar refractivity (Wildman–Crippen MR) is 106 cm³/mol. The van der Waals surface area contributed by atoms with Crippen LogP contribution in [0, 0.1) is 11.7 Å². The average molecular weight is 412 g/mol. The number of rotatable bonds is 4. The van der Waals surface area contributed by atoms with Crippen LogP contribution in [-0.4, -0.2) is 45.4 Å². The van der Waals surface area contributed by atoms with Crippen LogP contribution < -0.4 is 5.32 Å². The molecule has 8 heteroatoms. The van der Waals surface area contributed by atoms with E-state index >= 15 is 0 Å². The summed E-state index contributed by atoms with van der Waals surface area (Å²) in [6.07, 6.45) is 5.01. The largest absolute Gasteiger partial charge is 0.365 e. The number of aromatic nitrogens is 2. The SMILES string of the molecule is O=C(NC1CC1)C1CCN(C(=O)c2ncn3c2CO[C@@H](c2ccc(F)cc2)C3)CC1. The normalized spacial score (nSPS) is 21.9. The Bertz CT molecular complexity index is 946. The van der Waals surface area contributed by atoms with Crippen molar-refractivity contribution >= 4 is 11.8 Å². The number of benzene rings is 1. The van der Waals surface area contributed by atoms with Gasteiger partial charge in [-0.05, 0) is 43.4 Å². The molecule has 0 spiro atoms. The van der Waals surface area contributed by atoms with E-state index in [2.05, 4.69) is 10.3 Å². The van der Waals surface area contributed by atoms with E-state index in [0.717, 1.165) is 24.1 Å². The minimum Gasteiger partial charge on any atom is -0.365 e. The van der Waals surface area contributed by atoms with Crippen LogP contribution in [0.1, 0.15) is 53.5 Å². The first-order valence-corrected chi connectivity index (χ1v) is 10.6. The number of hydrogen-bond donors (Lipinski definition) is 1. The zero-order valence-electron chi connectivity index (χ0n) is 16.7. The van der Waals surface area contributed by atoms with Crippen molar-refractivity contribution in [2.45, 2.75) is 51.0 Å². The molecule has 1 aromatic carbocycles. The third-order valence-electron chi connectivity index (χ3n) is 6.25. The zero-order chi connectivity index (χ0) is 20.7. The molecular weight excluding hydrogens is 387 g/mol. The molecule has 30 heavy (non-hydrogen) atoms. The predicted octanol–water partition coefficient (Wildman–Crippen LogP) is 2.42. The molecule has 1 saturated carbocycles. The van der Waals surface area contributed by atoms with Crippen molar-refractivity contribution in [2.24, 2.45) is 5.92 Å². The van der Waals surface area contributed by atoms with Crippen molar-refractivity contribution in [2.75, 3.05) is 13.1 Å². The number of imidazole rings is 1. The van der Waals surface area contributed by atoms with Gasteiger partial charge in [0.15, 0.2) is 5.69 Å². The fourth-order valence-corrected chi connectivity index (χ4v) is 4.23. The lowest BCUT2D eigenvalue weighted by molar-refractivity contribution is -0.126. The van der Waals surface area contributed by atoms with Crippen LogP contribution in [0.25, 0.3) is 0 Å². The first kappa shape index (κ1) is 19.2. The van der Waals surface area contributed by atoms with Gasteiger partial charge in [0.1, 0.15) is 11.9 Å². The Balaban J connectivity index is 1.22. The minimum absolute atomic E-state index is 0.00892. The summed E-state index contributed by atoms with van der Waals surface area (Å²) in [7, 11) is 0. The molecule has 7 nitrogen and oxygen atoms in total. The molecule has 2 aromatic rings. The Hall–Kier alpha value is -2.74. The van der Waals surface area contributed by atoms with Gasteiger partial charge in [-0.15, -0.1) is 0 Å². The fourth-order valence-electron chi connectivity index (χ4n) is 4.23. The van der Waals surface area contributed by atoms with Gasteiger partial charge in [-0.3, -0.25) is 9.59 Å². The van der Waals surface area contributed by atoms with E-state index in [1.165, 1.54) is 12.1 Å². The van der Waals surface area contributed by atoms with Crippen LogP contribution in [0.5, 0.6) is 0 Å².